The maximum atomic E-state index is 12.3. The van der Waals surface area contributed by atoms with Gasteiger partial charge >= 0.3 is 11.9 Å². The number of aliphatic hydroxyl groups excluding tert-OH is 2. The van der Waals surface area contributed by atoms with Crippen molar-refractivity contribution < 1.29 is 29.3 Å². The van der Waals surface area contributed by atoms with Crippen LogP contribution in [-0.2, 0) is 19.1 Å². The maximum Gasteiger partial charge on any atom is 0.338 e. The summed E-state index contributed by atoms with van der Waals surface area (Å²) in [7, 11) is 0. The molecule has 0 saturated heterocycles. The number of ether oxygens (including phenoxy) is 2. The van der Waals surface area contributed by atoms with Gasteiger partial charge in [-0.1, -0.05) is 18.2 Å². The Hall–Kier alpha value is -1.92. The van der Waals surface area contributed by atoms with E-state index in [9.17, 15) is 14.7 Å². The first kappa shape index (κ1) is 18.4. The summed E-state index contributed by atoms with van der Waals surface area (Å²) in [6.07, 6.45) is 8.70. The van der Waals surface area contributed by atoms with Gasteiger partial charge < -0.3 is 19.7 Å². The number of esters is 2. The van der Waals surface area contributed by atoms with Crippen LogP contribution in [0.25, 0.3) is 0 Å². The molecule has 2 aliphatic rings. The van der Waals surface area contributed by atoms with Crippen molar-refractivity contribution in [3.8, 4) is 0 Å². The number of hydrogen-bond acceptors (Lipinski definition) is 6. The van der Waals surface area contributed by atoms with Crippen LogP contribution in [0, 0.1) is 5.92 Å². The van der Waals surface area contributed by atoms with Gasteiger partial charge in [0.2, 0.25) is 0 Å². The summed E-state index contributed by atoms with van der Waals surface area (Å²) in [5.74, 6) is -1.46. The molecule has 1 atom stereocenters. The largest absolute Gasteiger partial charge is 0.463 e. The van der Waals surface area contributed by atoms with Gasteiger partial charge in [-0.3, -0.25) is 4.79 Å². The minimum atomic E-state index is -0.581. The number of aliphatic hydroxyl groups is 2. The molecule has 0 aromatic heterocycles. The highest BCUT2D eigenvalue weighted by Gasteiger charge is 2.27. The van der Waals surface area contributed by atoms with E-state index >= 15 is 0 Å². The van der Waals surface area contributed by atoms with Crippen LogP contribution in [-0.4, -0.2) is 47.6 Å². The second kappa shape index (κ2) is 8.80. The van der Waals surface area contributed by atoms with Crippen LogP contribution in [0.5, 0.6) is 0 Å². The van der Waals surface area contributed by atoms with Crippen LogP contribution in [0.2, 0.25) is 0 Å². The highest BCUT2D eigenvalue weighted by Crippen LogP contribution is 2.26. The summed E-state index contributed by atoms with van der Waals surface area (Å²) in [6, 6.07) is 0. The van der Waals surface area contributed by atoms with E-state index in [0.717, 1.165) is 0 Å². The van der Waals surface area contributed by atoms with Gasteiger partial charge in [0, 0.05) is 0 Å². The summed E-state index contributed by atoms with van der Waals surface area (Å²) in [4.78, 5) is 24.2. The fourth-order valence-corrected chi connectivity index (χ4v) is 2.85. The summed E-state index contributed by atoms with van der Waals surface area (Å²) in [6.45, 7) is 1.51. The molecule has 2 aliphatic carbocycles. The van der Waals surface area contributed by atoms with Gasteiger partial charge in [0.15, 0.2) is 0 Å². The van der Waals surface area contributed by atoms with Crippen molar-refractivity contribution in [2.45, 2.75) is 44.8 Å². The molecule has 0 aromatic carbocycles. The van der Waals surface area contributed by atoms with Gasteiger partial charge in [-0.2, -0.15) is 0 Å². The Balaban J connectivity index is 1.97. The standard InChI is InChI=1S/C18H24O6/c1-2-12-11-13(3-8-16(12)18(22)23-10-9-19)17(21)24-15-6-4-14(20)5-7-15/h2-3,8,11,14-16,19-20H,4-7,9-10H2,1H3. The molecule has 132 valence electrons. The quantitative estimate of drug-likeness (QED) is 0.738. The predicted octanol–water partition coefficient (Wildman–Crippen LogP) is 1.43. The Kier molecular flexibility index (Phi) is 6.75. The van der Waals surface area contributed by atoms with E-state index in [2.05, 4.69) is 0 Å². The van der Waals surface area contributed by atoms with Crippen molar-refractivity contribution in [3.05, 3.63) is 35.5 Å². The molecule has 6 heteroatoms. The molecular formula is C18H24O6. The molecule has 0 spiro atoms. The van der Waals surface area contributed by atoms with Crippen molar-refractivity contribution >= 4 is 11.9 Å². The molecule has 0 aromatic rings. The van der Waals surface area contributed by atoms with Crippen molar-refractivity contribution in [1.29, 1.82) is 0 Å². The van der Waals surface area contributed by atoms with E-state index in [0.29, 0.717) is 36.8 Å². The second-order valence-corrected chi connectivity index (χ2v) is 5.95. The van der Waals surface area contributed by atoms with Crippen LogP contribution in [0.15, 0.2) is 35.5 Å². The third-order valence-corrected chi connectivity index (χ3v) is 4.23. The molecule has 2 rings (SSSR count). The molecule has 1 fully saturated rings. The summed E-state index contributed by atoms with van der Waals surface area (Å²) < 4.78 is 10.4. The van der Waals surface area contributed by atoms with Gasteiger partial charge in [0.25, 0.3) is 0 Å². The Morgan fingerprint density at radius 3 is 2.62 bits per heavy atom. The van der Waals surface area contributed by atoms with Crippen LogP contribution in [0.1, 0.15) is 32.6 Å². The lowest BCUT2D eigenvalue weighted by molar-refractivity contribution is -0.148. The first-order valence-electron chi connectivity index (χ1n) is 8.27. The lowest BCUT2D eigenvalue weighted by Gasteiger charge is -2.26. The SMILES string of the molecule is CC=C1C=C(C(=O)OC2CCC(O)CC2)C=CC1C(=O)OCCO. The number of carbonyl (C=O) groups excluding carboxylic acids is 2. The number of rotatable bonds is 5. The first-order valence-corrected chi connectivity index (χ1v) is 8.27. The molecule has 1 saturated carbocycles. The highest BCUT2D eigenvalue weighted by atomic mass is 16.5. The average molecular weight is 336 g/mol. The first-order chi connectivity index (χ1) is 11.5. The Labute approximate surface area is 141 Å². The third-order valence-electron chi connectivity index (χ3n) is 4.23. The predicted molar refractivity (Wildman–Crippen MR) is 86.9 cm³/mol. The summed E-state index contributed by atoms with van der Waals surface area (Å²) >= 11 is 0. The van der Waals surface area contributed by atoms with Crippen LogP contribution < -0.4 is 0 Å². The van der Waals surface area contributed by atoms with E-state index in [4.69, 9.17) is 14.6 Å². The topological polar surface area (TPSA) is 93.1 Å². The van der Waals surface area contributed by atoms with Gasteiger partial charge in [-0.25, -0.2) is 4.79 Å². The Morgan fingerprint density at radius 1 is 1.29 bits per heavy atom. The number of allylic oxidation sites excluding steroid dienone is 2. The molecule has 0 radical (unpaired) electrons. The van der Waals surface area contributed by atoms with E-state index in [-0.39, 0.29) is 25.4 Å². The van der Waals surface area contributed by atoms with Crippen molar-refractivity contribution in [2.24, 2.45) is 5.92 Å². The Bertz CT molecular complexity index is 552. The van der Waals surface area contributed by atoms with Gasteiger partial charge in [0.05, 0.1) is 24.2 Å². The highest BCUT2D eigenvalue weighted by molar-refractivity contribution is 5.94. The minimum Gasteiger partial charge on any atom is -0.463 e. The fourth-order valence-electron chi connectivity index (χ4n) is 2.85. The Morgan fingerprint density at radius 2 is 2.00 bits per heavy atom. The maximum absolute atomic E-state index is 12.3. The molecular weight excluding hydrogens is 312 g/mol. The molecule has 0 aliphatic heterocycles. The van der Waals surface area contributed by atoms with Crippen molar-refractivity contribution in [3.63, 3.8) is 0 Å². The monoisotopic (exact) mass is 336 g/mol. The lowest BCUT2D eigenvalue weighted by Crippen LogP contribution is -2.27. The van der Waals surface area contributed by atoms with E-state index < -0.39 is 17.9 Å². The van der Waals surface area contributed by atoms with Crippen LogP contribution >= 0.6 is 0 Å². The molecule has 0 bridgehead atoms. The van der Waals surface area contributed by atoms with Gasteiger partial charge in [0.1, 0.15) is 12.7 Å². The van der Waals surface area contributed by atoms with Crippen molar-refractivity contribution in [2.75, 3.05) is 13.2 Å². The summed E-state index contributed by atoms with van der Waals surface area (Å²) in [5, 5.41) is 18.2. The average Bonchev–Trinajstić information content (AvgIpc) is 2.60. The summed E-state index contributed by atoms with van der Waals surface area (Å²) in [5.41, 5.74) is 1.05. The van der Waals surface area contributed by atoms with E-state index in [1.807, 2.05) is 0 Å². The molecule has 6 nitrogen and oxygen atoms in total. The van der Waals surface area contributed by atoms with E-state index in [1.165, 1.54) is 0 Å². The zero-order valence-electron chi connectivity index (χ0n) is 13.8. The zero-order valence-corrected chi connectivity index (χ0v) is 13.8. The third kappa shape index (κ3) is 4.79. The molecule has 1 unspecified atom stereocenters. The second-order valence-electron chi connectivity index (χ2n) is 5.95. The van der Waals surface area contributed by atoms with E-state index in [1.54, 1.807) is 31.2 Å². The normalized spacial score (nSPS) is 28.4. The van der Waals surface area contributed by atoms with Crippen LogP contribution in [0.3, 0.4) is 0 Å². The van der Waals surface area contributed by atoms with Gasteiger partial charge in [-0.15, -0.1) is 0 Å². The van der Waals surface area contributed by atoms with Gasteiger partial charge in [-0.05, 0) is 44.3 Å². The fraction of sp³-hybridized carbons (Fsp3) is 0.556. The number of carbonyl (C=O) groups is 2. The zero-order chi connectivity index (χ0) is 17.5. The molecule has 2 N–H and O–H groups in total. The minimum absolute atomic E-state index is 0.0493. The lowest BCUT2D eigenvalue weighted by atomic mass is 9.91. The van der Waals surface area contributed by atoms with Crippen LogP contribution in [0.4, 0.5) is 0 Å². The molecule has 0 heterocycles. The smallest absolute Gasteiger partial charge is 0.338 e. The molecule has 0 amide bonds. The van der Waals surface area contributed by atoms with Crippen molar-refractivity contribution in [1.82, 2.24) is 0 Å². The number of hydrogen-bond donors (Lipinski definition) is 2. The molecule has 24 heavy (non-hydrogen) atoms.